The molecule has 1 aromatic carbocycles. The first-order valence-corrected chi connectivity index (χ1v) is 7.44. The summed E-state index contributed by atoms with van der Waals surface area (Å²) in [5.74, 6) is 1.27. The van der Waals surface area contributed by atoms with Gasteiger partial charge in [0.25, 0.3) is 0 Å². The number of halogens is 3. The number of fused-ring (bicyclic) bond motifs is 1. The van der Waals surface area contributed by atoms with E-state index >= 15 is 0 Å². The minimum Gasteiger partial charge on any atom is -0.388 e. The van der Waals surface area contributed by atoms with Gasteiger partial charge in [-0.25, -0.2) is 4.98 Å². The van der Waals surface area contributed by atoms with Gasteiger partial charge in [0, 0.05) is 35.4 Å². The van der Waals surface area contributed by atoms with Gasteiger partial charge in [0.05, 0.1) is 11.7 Å². The number of benzene rings is 1. The van der Waals surface area contributed by atoms with Crippen LogP contribution in [0.4, 0.5) is 13.2 Å². The lowest BCUT2D eigenvalue weighted by Crippen LogP contribution is -2.23. The Hall–Kier alpha value is -1.47. The zero-order valence-corrected chi connectivity index (χ0v) is 11.7. The van der Waals surface area contributed by atoms with Crippen molar-refractivity contribution >= 4 is 11.8 Å². The van der Waals surface area contributed by atoms with Gasteiger partial charge in [-0.1, -0.05) is 6.07 Å². The number of nitrogens with one attached hydrogen (secondary N) is 1. The Labute approximate surface area is 123 Å². The summed E-state index contributed by atoms with van der Waals surface area (Å²) in [5.41, 5.74) is -0.110. The quantitative estimate of drug-likeness (QED) is 0.893. The molecule has 2 heterocycles. The van der Waals surface area contributed by atoms with Crippen LogP contribution in [0, 0.1) is 5.92 Å². The number of imidazole rings is 1. The van der Waals surface area contributed by atoms with E-state index in [1.807, 2.05) is 0 Å². The fourth-order valence-corrected chi connectivity index (χ4v) is 3.71. The largest absolute Gasteiger partial charge is 0.416 e. The molecule has 0 saturated carbocycles. The van der Waals surface area contributed by atoms with E-state index in [0.29, 0.717) is 22.6 Å². The molecule has 0 unspecified atom stereocenters. The van der Waals surface area contributed by atoms with Crippen LogP contribution < -0.4 is 0 Å². The fourth-order valence-electron chi connectivity index (χ4n) is 2.45. The van der Waals surface area contributed by atoms with Crippen molar-refractivity contribution in [3.8, 4) is 0 Å². The van der Waals surface area contributed by atoms with Crippen LogP contribution in [-0.4, -0.2) is 20.8 Å². The van der Waals surface area contributed by atoms with Crippen molar-refractivity contribution < 1.29 is 18.3 Å². The third-order valence-corrected chi connectivity index (χ3v) is 4.83. The standard InChI is InChI=1S/C14H13F3N2OS/c15-14(16,17)9-1-2-10-11(6-9)21-7-8(13(10)20)5-12-18-3-4-19-12/h1-4,6,8,13,20H,5,7H2,(H,18,19)/t8-,13-/m1/s1. The molecule has 1 aliphatic heterocycles. The van der Waals surface area contributed by atoms with Gasteiger partial charge in [-0.3, -0.25) is 0 Å². The second-order valence-corrected chi connectivity index (χ2v) is 6.07. The summed E-state index contributed by atoms with van der Waals surface area (Å²) in [7, 11) is 0. The molecule has 0 spiro atoms. The summed E-state index contributed by atoms with van der Waals surface area (Å²) >= 11 is 1.35. The van der Waals surface area contributed by atoms with Crippen molar-refractivity contribution in [1.82, 2.24) is 9.97 Å². The average molecular weight is 314 g/mol. The molecule has 1 aromatic heterocycles. The summed E-state index contributed by atoms with van der Waals surface area (Å²) in [6, 6.07) is 3.52. The van der Waals surface area contributed by atoms with Crippen molar-refractivity contribution in [3.05, 3.63) is 47.5 Å². The number of rotatable bonds is 2. The summed E-state index contributed by atoms with van der Waals surface area (Å²) in [5, 5.41) is 10.4. The maximum absolute atomic E-state index is 12.7. The number of thioether (sulfide) groups is 1. The smallest absolute Gasteiger partial charge is 0.388 e. The lowest BCUT2D eigenvalue weighted by molar-refractivity contribution is -0.137. The molecule has 2 aromatic rings. The summed E-state index contributed by atoms with van der Waals surface area (Å²) in [6.45, 7) is 0. The van der Waals surface area contributed by atoms with Crippen LogP contribution in [0.5, 0.6) is 0 Å². The first kappa shape index (κ1) is 14.5. The van der Waals surface area contributed by atoms with Gasteiger partial charge in [-0.05, 0) is 17.7 Å². The second kappa shape index (κ2) is 5.38. The number of hydrogen-bond donors (Lipinski definition) is 2. The van der Waals surface area contributed by atoms with E-state index in [-0.39, 0.29) is 5.92 Å². The summed E-state index contributed by atoms with van der Waals surface area (Å²) < 4.78 is 38.1. The highest BCUT2D eigenvalue weighted by Crippen LogP contribution is 2.43. The second-order valence-electron chi connectivity index (χ2n) is 5.01. The molecule has 0 amide bonds. The predicted octanol–water partition coefficient (Wildman–Crippen LogP) is 3.43. The van der Waals surface area contributed by atoms with Gasteiger partial charge in [0.2, 0.25) is 0 Å². The topological polar surface area (TPSA) is 48.9 Å². The first-order valence-electron chi connectivity index (χ1n) is 6.45. The van der Waals surface area contributed by atoms with E-state index in [0.717, 1.165) is 18.0 Å². The number of hydrogen-bond acceptors (Lipinski definition) is 3. The Kier molecular flexibility index (Phi) is 3.71. The maximum Gasteiger partial charge on any atom is 0.416 e. The molecular weight excluding hydrogens is 301 g/mol. The number of nitrogens with zero attached hydrogens (tertiary/aromatic N) is 1. The third kappa shape index (κ3) is 2.94. The highest BCUT2D eigenvalue weighted by molar-refractivity contribution is 7.99. The molecule has 2 N–H and O–H groups in total. The van der Waals surface area contributed by atoms with Crippen LogP contribution in [-0.2, 0) is 12.6 Å². The first-order chi connectivity index (χ1) is 9.95. The number of aliphatic hydroxyl groups is 1. The van der Waals surface area contributed by atoms with E-state index in [4.69, 9.17) is 0 Å². The van der Waals surface area contributed by atoms with Crippen molar-refractivity contribution in [2.45, 2.75) is 23.6 Å². The van der Waals surface area contributed by atoms with Crippen LogP contribution >= 0.6 is 11.8 Å². The van der Waals surface area contributed by atoms with Gasteiger partial charge in [-0.2, -0.15) is 13.2 Å². The molecule has 0 fully saturated rings. The van der Waals surface area contributed by atoms with Gasteiger partial charge < -0.3 is 10.1 Å². The van der Waals surface area contributed by atoms with Crippen LogP contribution in [0.25, 0.3) is 0 Å². The van der Waals surface area contributed by atoms with E-state index < -0.39 is 17.8 Å². The Morgan fingerprint density at radius 1 is 1.38 bits per heavy atom. The molecule has 3 rings (SSSR count). The number of aromatic nitrogens is 2. The highest BCUT2D eigenvalue weighted by Gasteiger charge is 2.34. The van der Waals surface area contributed by atoms with Gasteiger partial charge in [0.1, 0.15) is 5.82 Å². The molecule has 0 bridgehead atoms. The average Bonchev–Trinajstić information content (AvgIpc) is 2.93. The van der Waals surface area contributed by atoms with Crippen LogP contribution in [0.15, 0.2) is 35.5 Å². The Balaban J connectivity index is 1.83. The minimum atomic E-state index is -4.36. The van der Waals surface area contributed by atoms with Gasteiger partial charge in [0.15, 0.2) is 0 Å². The molecule has 7 heteroatoms. The highest BCUT2D eigenvalue weighted by atomic mass is 32.2. The minimum absolute atomic E-state index is 0.0645. The Morgan fingerprint density at radius 3 is 2.86 bits per heavy atom. The number of alkyl halides is 3. The summed E-state index contributed by atoms with van der Waals surface area (Å²) in [4.78, 5) is 7.61. The molecular formula is C14H13F3N2OS. The monoisotopic (exact) mass is 314 g/mol. The van der Waals surface area contributed by atoms with Crippen molar-refractivity contribution in [2.24, 2.45) is 5.92 Å². The van der Waals surface area contributed by atoms with Crippen LogP contribution in [0.2, 0.25) is 0 Å². The predicted molar refractivity (Wildman–Crippen MR) is 72.9 cm³/mol. The maximum atomic E-state index is 12.7. The lowest BCUT2D eigenvalue weighted by atomic mass is 9.93. The SMILES string of the molecule is O[C@H]1c2ccc(C(F)(F)F)cc2SC[C@H]1Cc1ncc[nH]1. The van der Waals surface area contributed by atoms with Crippen LogP contribution in [0.1, 0.15) is 23.1 Å². The number of H-pyrrole nitrogens is 1. The molecule has 0 saturated heterocycles. The molecule has 21 heavy (non-hydrogen) atoms. The lowest BCUT2D eigenvalue weighted by Gasteiger charge is -2.29. The van der Waals surface area contributed by atoms with E-state index in [9.17, 15) is 18.3 Å². The summed E-state index contributed by atoms with van der Waals surface area (Å²) in [6.07, 6.45) is -1.20. The van der Waals surface area contributed by atoms with Gasteiger partial charge >= 0.3 is 6.18 Å². The van der Waals surface area contributed by atoms with Crippen molar-refractivity contribution in [1.29, 1.82) is 0 Å². The fraction of sp³-hybridized carbons (Fsp3) is 0.357. The number of aliphatic hydroxyl groups excluding tert-OH is 1. The third-order valence-electron chi connectivity index (χ3n) is 3.57. The molecule has 112 valence electrons. The van der Waals surface area contributed by atoms with E-state index in [2.05, 4.69) is 9.97 Å². The van der Waals surface area contributed by atoms with E-state index in [1.165, 1.54) is 17.8 Å². The molecule has 0 radical (unpaired) electrons. The molecule has 3 nitrogen and oxygen atoms in total. The Bertz CT molecular complexity index is 628. The van der Waals surface area contributed by atoms with Crippen LogP contribution in [0.3, 0.4) is 0 Å². The van der Waals surface area contributed by atoms with E-state index in [1.54, 1.807) is 12.4 Å². The zero-order valence-electron chi connectivity index (χ0n) is 10.9. The van der Waals surface area contributed by atoms with Crippen molar-refractivity contribution in [3.63, 3.8) is 0 Å². The molecule has 0 aliphatic carbocycles. The molecule has 1 aliphatic rings. The van der Waals surface area contributed by atoms with Gasteiger partial charge in [-0.15, -0.1) is 11.8 Å². The van der Waals surface area contributed by atoms with Crippen molar-refractivity contribution in [2.75, 3.05) is 5.75 Å². The Morgan fingerprint density at radius 2 is 2.19 bits per heavy atom. The number of aromatic amines is 1. The normalized spacial score (nSPS) is 22.1. The molecule has 2 atom stereocenters. The zero-order chi connectivity index (χ0) is 15.0.